The summed E-state index contributed by atoms with van der Waals surface area (Å²) in [6.07, 6.45) is 0. The maximum Gasteiger partial charge on any atom is 0.262 e. The van der Waals surface area contributed by atoms with E-state index in [0.29, 0.717) is 22.1 Å². The van der Waals surface area contributed by atoms with E-state index in [4.69, 9.17) is 16.1 Å². The van der Waals surface area contributed by atoms with Crippen molar-refractivity contribution in [3.63, 3.8) is 0 Å². The van der Waals surface area contributed by atoms with E-state index in [1.165, 1.54) is 0 Å². The molecule has 2 heterocycles. The lowest BCUT2D eigenvalue weighted by molar-refractivity contribution is 0.442. The van der Waals surface area contributed by atoms with Gasteiger partial charge in [-0.05, 0) is 13.8 Å². The average molecular weight is 184 g/mol. The fraction of sp³-hybridized carbons (Fsp3) is 0.286. The number of rotatable bonds is 0. The smallest absolute Gasteiger partial charge is 0.262 e. The highest BCUT2D eigenvalue weighted by atomic mass is 35.5. The molecule has 0 saturated carbocycles. The van der Waals surface area contributed by atoms with Crippen molar-refractivity contribution in [3.05, 3.63) is 16.7 Å². The number of aryl methyl sites for hydroxylation is 2. The lowest BCUT2D eigenvalue weighted by atomic mass is 10.3. The molecule has 2 rings (SSSR count). The first-order valence-corrected chi connectivity index (χ1v) is 3.82. The Balaban J connectivity index is 2.93. The van der Waals surface area contributed by atoms with Gasteiger partial charge in [-0.25, -0.2) is 4.98 Å². The molecule has 0 N–H and O–H groups in total. The van der Waals surface area contributed by atoms with Crippen LogP contribution in [0.3, 0.4) is 0 Å². The van der Waals surface area contributed by atoms with Gasteiger partial charge in [-0.3, -0.25) is 0 Å². The zero-order valence-corrected chi connectivity index (χ0v) is 7.38. The highest BCUT2D eigenvalue weighted by Crippen LogP contribution is 2.22. The summed E-state index contributed by atoms with van der Waals surface area (Å²) in [6, 6.07) is 0. The zero-order valence-electron chi connectivity index (χ0n) is 6.63. The first kappa shape index (κ1) is 7.49. The lowest BCUT2D eigenvalue weighted by Crippen LogP contribution is -1.87. The van der Waals surface area contributed by atoms with Crippen molar-refractivity contribution in [1.29, 1.82) is 0 Å². The Morgan fingerprint density at radius 2 is 2.00 bits per heavy atom. The predicted octanol–water partition coefficient (Wildman–Crippen LogP) is 1.89. The van der Waals surface area contributed by atoms with Gasteiger partial charge < -0.3 is 4.52 Å². The number of fused-ring (bicyclic) bond motifs is 1. The SMILES string of the molecule is Cc1nc(Cl)c2c(C)noc2n1. The molecule has 0 bridgehead atoms. The maximum atomic E-state index is 5.86. The van der Waals surface area contributed by atoms with E-state index in [9.17, 15) is 0 Å². The van der Waals surface area contributed by atoms with Crippen molar-refractivity contribution >= 4 is 22.7 Å². The first-order chi connectivity index (χ1) is 5.68. The fourth-order valence-corrected chi connectivity index (χ4v) is 1.38. The number of hydrogen-bond donors (Lipinski definition) is 0. The number of hydrogen-bond acceptors (Lipinski definition) is 4. The molecule has 0 aliphatic rings. The van der Waals surface area contributed by atoms with Gasteiger partial charge in [0.15, 0.2) is 0 Å². The summed E-state index contributed by atoms with van der Waals surface area (Å²) >= 11 is 5.86. The molecule has 0 atom stereocenters. The van der Waals surface area contributed by atoms with Crippen LogP contribution in [0, 0.1) is 13.8 Å². The molecule has 0 amide bonds. The van der Waals surface area contributed by atoms with Gasteiger partial charge in [0.2, 0.25) is 0 Å². The van der Waals surface area contributed by atoms with Crippen LogP contribution in [0.1, 0.15) is 11.5 Å². The highest BCUT2D eigenvalue weighted by Gasteiger charge is 2.10. The van der Waals surface area contributed by atoms with Gasteiger partial charge in [0.25, 0.3) is 5.71 Å². The molecule has 0 aromatic carbocycles. The minimum Gasteiger partial charge on any atom is -0.335 e. The molecule has 0 saturated heterocycles. The van der Waals surface area contributed by atoms with E-state index < -0.39 is 0 Å². The van der Waals surface area contributed by atoms with Crippen LogP contribution < -0.4 is 0 Å². The van der Waals surface area contributed by atoms with E-state index in [2.05, 4.69) is 15.1 Å². The number of halogens is 1. The summed E-state index contributed by atoms with van der Waals surface area (Å²) in [5, 5.41) is 4.83. The second-order valence-electron chi connectivity index (χ2n) is 2.51. The molecule has 0 radical (unpaired) electrons. The standard InChI is InChI=1S/C7H6ClN3O/c1-3-5-6(8)9-4(2)10-7(5)12-11-3/h1-2H3. The predicted molar refractivity (Wildman–Crippen MR) is 44.1 cm³/mol. The third-order valence-electron chi connectivity index (χ3n) is 1.57. The molecule has 0 aliphatic carbocycles. The van der Waals surface area contributed by atoms with E-state index in [1.807, 2.05) is 0 Å². The second-order valence-corrected chi connectivity index (χ2v) is 2.87. The van der Waals surface area contributed by atoms with Crippen LogP contribution in [-0.4, -0.2) is 15.1 Å². The van der Waals surface area contributed by atoms with E-state index >= 15 is 0 Å². The fourth-order valence-electron chi connectivity index (χ4n) is 1.04. The molecule has 4 nitrogen and oxygen atoms in total. The van der Waals surface area contributed by atoms with Crippen LogP contribution >= 0.6 is 11.6 Å². The van der Waals surface area contributed by atoms with Gasteiger partial charge in [0.1, 0.15) is 16.4 Å². The van der Waals surface area contributed by atoms with Crippen LogP contribution in [0.4, 0.5) is 0 Å². The Hall–Kier alpha value is -1.16. The first-order valence-electron chi connectivity index (χ1n) is 3.44. The topological polar surface area (TPSA) is 51.8 Å². The van der Waals surface area contributed by atoms with E-state index in [-0.39, 0.29) is 0 Å². The van der Waals surface area contributed by atoms with Gasteiger partial charge in [-0.2, -0.15) is 4.98 Å². The van der Waals surface area contributed by atoms with Gasteiger partial charge in [0, 0.05) is 0 Å². The Kier molecular flexibility index (Phi) is 1.51. The monoisotopic (exact) mass is 183 g/mol. The highest BCUT2D eigenvalue weighted by molar-refractivity contribution is 6.34. The molecule has 0 spiro atoms. The molecule has 0 unspecified atom stereocenters. The van der Waals surface area contributed by atoms with Gasteiger partial charge >= 0.3 is 0 Å². The Morgan fingerprint density at radius 3 is 2.75 bits per heavy atom. The molecule has 5 heteroatoms. The molecule has 62 valence electrons. The largest absolute Gasteiger partial charge is 0.335 e. The third-order valence-corrected chi connectivity index (χ3v) is 1.85. The van der Waals surface area contributed by atoms with Crippen molar-refractivity contribution < 1.29 is 4.52 Å². The normalized spacial score (nSPS) is 10.9. The van der Waals surface area contributed by atoms with Crippen molar-refractivity contribution in [2.45, 2.75) is 13.8 Å². The summed E-state index contributed by atoms with van der Waals surface area (Å²) < 4.78 is 4.92. The minimum absolute atomic E-state index is 0.399. The van der Waals surface area contributed by atoms with Crippen molar-refractivity contribution in [2.75, 3.05) is 0 Å². The summed E-state index contributed by atoms with van der Waals surface area (Å²) in [4.78, 5) is 8.02. The third kappa shape index (κ3) is 0.956. The van der Waals surface area contributed by atoms with Crippen LogP contribution in [0.2, 0.25) is 5.15 Å². The lowest BCUT2D eigenvalue weighted by Gasteiger charge is -1.92. The summed E-state index contributed by atoms with van der Waals surface area (Å²) in [7, 11) is 0. The summed E-state index contributed by atoms with van der Waals surface area (Å²) in [5.74, 6) is 0.587. The summed E-state index contributed by atoms with van der Waals surface area (Å²) in [6.45, 7) is 3.56. The average Bonchev–Trinajstić information content (AvgIpc) is 2.31. The van der Waals surface area contributed by atoms with Crippen LogP contribution in [0.25, 0.3) is 11.1 Å². The second kappa shape index (κ2) is 2.42. The molecule has 0 fully saturated rings. The number of nitrogens with zero attached hydrogens (tertiary/aromatic N) is 3. The van der Waals surface area contributed by atoms with Crippen LogP contribution in [0.5, 0.6) is 0 Å². The summed E-state index contributed by atoms with van der Waals surface area (Å²) in [5.41, 5.74) is 1.17. The minimum atomic E-state index is 0.399. The van der Waals surface area contributed by atoms with Crippen molar-refractivity contribution in [2.24, 2.45) is 0 Å². The zero-order chi connectivity index (χ0) is 8.72. The molecule has 0 aliphatic heterocycles. The van der Waals surface area contributed by atoms with Gasteiger partial charge in [-0.1, -0.05) is 16.8 Å². The van der Waals surface area contributed by atoms with Gasteiger partial charge in [-0.15, -0.1) is 0 Å². The molecule has 12 heavy (non-hydrogen) atoms. The molecule has 2 aromatic heterocycles. The van der Waals surface area contributed by atoms with E-state index in [0.717, 1.165) is 5.69 Å². The van der Waals surface area contributed by atoms with Crippen LogP contribution in [-0.2, 0) is 0 Å². The molecule has 2 aromatic rings. The van der Waals surface area contributed by atoms with Gasteiger partial charge in [0.05, 0.1) is 5.69 Å². The Bertz CT molecular complexity index is 437. The van der Waals surface area contributed by atoms with Crippen LogP contribution in [0.15, 0.2) is 4.52 Å². The maximum absolute atomic E-state index is 5.86. The van der Waals surface area contributed by atoms with Crippen molar-refractivity contribution in [1.82, 2.24) is 15.1 Å². The van der Waals surface area contributed by atoms with Crippen molar-refractivity contribution in [3.8, 4) is 0 Å². The quantitative estimate of drug-likeness (QED) is 0.586. The number of aromatic nitrogens is 3. The van der Waals surface area contributed by atoms with E-state index in [1.54, 1.807) is 13.8 Å². The molecular weight excluding hydrogens is 178 g/mol. The molecular formula is C7H6ClN3O. The Labute approximate surface area is 73.6 Å². The Morgan fingerprint density at radius 1 is 1.25 bits per heavy atom.